The predicted octanol–water partition coefficient (Wildman–Crippen LogP) is 3.28. The number of carboxylic acids is 1. The van der Waals surface area contributed by atoms with Gasteiger partial charge in [0.2, 0.25) is 6.79 Å². The van der Waals surface area contributed by atoms with Gasteiger partial charge < -0.3 is 30.0 Å². The number of likely N-dealkylation sites (tertiary alicyclic amines) is 1. The first-order valence-corrected chi connectivity index (χ1v) is 12.4. The highest BCUT2D eigenvalue weighted by Gasteiger charge is 2.36. The number of anilines is 1. The second-order valence-electron chi connectivity index (χ2n) is 8.22. The number of amides is 1. The Morgan fingerprint density at radius 2 is 2.00 bits per heavy atom. The minimum absolute atomic E-state index is 0.0264. The molecule has 4 heterocycles. The van der Waals surface area contributed by atoms with Crippen LogP contribution in [-0.4, -0.2) is 66.1 Å². The Kier molecular flexibility index (Phi) is 6.32. The number of nitrogens with two attached hydrogens (primary N) is 1. The number of hydrogen-bond acceptors (Lipinski definition) is 9. The van der Waals surface area contributed by atoms with Crippen LogP contribution in [0.15, 0.2) is 33.0 Å². The molecule has 0 spiro atoms. The van der Waals surface area contributed by atoms with E-state index in [0.29, 0.717) is 47.2 Å². The van der Waals surface area contributed by atoms with Gasteiger partial charge in [-0.25, -0.2) is 24.5 Å². The molecule has 14 heteroatoms. The summed E-state index contributed by atoms with van der Waals surface area (Å²) in [5.74, 6) is 0.460. The molecule has 0 saturated carbocycles. The summed E-state index contributed by atoms with van der Waals surface area (Å²) in [4.78, 5) is 38.0. The van der Waals surface area contributed by atoms with Crippen molar-refractivity contribution in [3.05, 3.63) is 22.9 Å². The van der Waals surface area contributed by atoms with Crippen molar-refractivity contribution in [2.75, 3.05) is 19.1 Å². The number of carboxylic acid groups (broad SMARTS) is 2. The maximum atomic E-state index is 11.7. The highest BCUT2D eigenvalue weighted by atomic mass is 79.9. The number of halogens is 1. The highest BCUT2D eigenvalue weighted by Crippen LogP contribution is 2.43. The minimum Gasteiger partial charge on any atom is -0.480 e. The van der Waals surface area contributed by atoms with Crippen LogP contribution in [0, 0.1) is 5.92 Å². The third kappa shape index (κ3) is 4.55. The lowest BCUT2D eigenvalue weighted by Crippen LogP contribution is -2.49. The Hall–Kier alpha value is -3.26. The molecule has 1 amide bonds. The summed E-state index contributed by atoms with van der Waals surface area (Å²) in [6.45, 7) is 0.850. The molecule has 2 atom stereocenters. The number of fused-ring (bicyclic) bond motifs is 2. The molecule has 1 fully saturated rings. The molecule has 0 radical (unpaired) electrons. The zero-order chi connectivity index (χ0) is 24.7. The first-order valence-electron chi connectivity index (χ1n) is 10.8. The molecule has 2 aliphatic rings. The predicted molar refractivity (Wildman–Crippen MR) is 128 cm³/mol. The van der Waals surface area contributed by atoms with Crippen molar-refractivity contribution in [3.8, 4) is 11.5 Å². The fraction of sp³-hybridized carbons (Fsp3) is 0.381. The van der Waals surface area contributed by atoms with Gasteiger partial charge in [-0.05, 0) is 53.2 Å². The molecule has 0 unspecified atom stereocenters. The van der Waals surface area contributed by atoms with Crippen molar-refractivity contribution in [2.45, 2.75) is 41.9 Å². The molecule has 3 aromatic rings. The molecule has 0 aliphatic carbocycles. The van der Waals surface area contributed by atoms with Gasteiger partial charge in [0.25, 0.3) is 0 Å². The number of ether oxygens (including phenoxy) is 2. The molecule has 35 heavy (non-hydrogen) atoms. The summed E-state index contributed by atoms with van der Waals surface area (Å²) >= 11 is 4.98. The number of nitrogen functional groups attached to an aromatic ring is 1. The van der Waals surface area contributed by atoms with Crippen molar-refractivity contribution in [3.63, 3.8) is 0 Å². The molecular formula is C21H21BrN6O6S. The molecule has 2 aromatic heterocycles. The van der Waals surface area contributed by atoms with Crippen LogP contribution in [0.4, 0.5) is 10.6 Å². The van der Waals surface area contributed by atoms with Crippen LogP contribution in [0.25, 0.3) is 11.2 Å². The number of carbonyl (C=O) groups is 2. The first-order chi connectivity index (χ1) is 16.8. The average molecular weight is 565 g/mol. The van der Waals surface area contributed by atoms with Gasteiger partial charge in [0, 0.05) is 22.5 Å². The molecule has 184 valence electrons. The maximum absolute atomic E-state index is 11.7. The van der Waals surface area contributed by atoms with Gasteiger partial charge in [-0.1, -0.05) is 11.8 Å². The van der Waals surface area contributed by atoms with Crippen LogP contribution in [-0.2, 0) is 11.3 Å². The van der Waals surface area contributed by atoms with E-state index in [9.17, 15) is 19.8 Å². The monoisotopic (exact) mass is 564 g/mol. The standard InChI is InChI=1S/C21H21BrN6O6S/c22-11-6-13-14(34-9-33-13)7-15(11)35-20-26-16-17(23)24-8-25-18(16)28(20)4-2-10-1-3-27(21(31)32)12(5-10)19(29)30/h6-8,10,12H,1-5,9H2,(H,29,30)(H,31,32)(H2,23,24,25)/t10-,12-/m0/s1. The Morgan fingerprint density at radius 1 is 1.23 bits per heavy atom. The van der Waals surface area contributed by atoms with Crippen LogP contribution in [0.5, 0.6) is 11.5 Å². The molecular weight excluding hydrogens is 544 g/mol. The van der Waals surface area contributed by atoms with Gasteiger partial charge in [0.05, 0.1) is 0 Å². The number of imidazole rings is 1. The van der Waals surface area contributed by atoms with E-state index in [2.05, 4.69) is 30.9 Å². The lowest BCUT2D eigenvalue weighted by Gasteiger charge is -2.35. The third-order valence-electron chi connectivity index (χ3n) is 6.16. The second kappa shape index (κ2) is 9.41. The number of nitrogens with zero attached hydrogens (tertiary/aromatic N) is 5. The summed E-state index contributed by atoms with van der Waals surface area (Å²) in [6.07, 6.45) is 1.63. The summed E-state index contributed by atoms with van der Waals surface area (Å²) in [6, 6.07) is 2.66. The molecule has 0 bridgehead atoms. The van der Waals surface area contributed by atoms with Crippen LogP contribution in [0.2, 0.25) is 0 Å². The first kappa shape index (κ1) is 23.5. The molecule has 2 aliphatic heterocycles. The summed E-state index contributed by atoms with van der Waals surface area (Å²) in [5.41, 5.74) is 7.12. The largest absolute Gasteiger partial charge is 0.480 e. The van der Waals surface area contributed by atoms with Crippen LogP contribution < -0.4 is 15.2 Å². The number of piperidine rings is 1. The van der Waals surface area contributed by atoms with Gasteiger partial charge in [-0.15, -0.1) is 0 Å². The zero-order valence-corrected chi connectivity index (χ0v) is 20.7. The number of rotatable bonds is 6. The van der Waals surface area contributed by atoms with Gasteiger partial charge in [-0.2, -0.15) is 0 Å². The normalized spacial score (nSPS) is 19.3. The second-order valence-corrected chi connectivity index (χ2v) is 10.1. The highest BCUT2D eigenvalue weighted by molar-refractivity contribution is 9.10. The van der Waals surface area contributed by atoms with E-state index in [-0.39, 0.29) is 31.5 Å². The van der Waals surface area contributed by atoms with E-state index in [1.807, 2.05) is 16.7 Å². The maximum Gasteiger partial charge on any atom is 0.408 e. The van der Waals surface area contributed by atoms with Gasteiger partial charge in [-0.3, -0.25) is 4.90 Å². The molecule has 4 N–H and O–H groups in total. The average Bonchev–Trinajstić information content (AvgIpc) is 3.42. The SMILES string of the molecule is Nc1ncnc2c1nc(Sc1cc3c(cc1Br)OCO3)n2CC[C@@H]1CCN(C(=O)O)[C@H](C(=O)O)C1. The topological polar surface area (TPSA) is 166 Å². The van der Waals surface area contributed by atoms with E-state index >= 15 is 0 Å². The lowest BCUT2D eigenvalue weighted by atomic mass is 9.88. The summed E-state index contributed by atoms with van der Waals surface area (Å²) < 4.78 is 13.7. The number of aryl methyl sites for hydroxylation is 1. The summed E-state index contributed by atoms with van der Waals surface area (Å²) in [7, 11) is 0. The van der Waals surface area contributed by atoms with Crippen LogP contribution >= 0.6 is 27.7 Å². The Labute approximate surface area is 211 Å². The number of benzene rings is 1. The Balaban J connectivity index is 1.41. The van der Waals surface area contributed by atoms with Crippen molar-refractivity contribution in [2.24, 2.45) is 5.92 Å². The Bertz CT molecular complexity index is 1320. The summed E-state index contributed by atoms with van der Waals surface area (Å²) in [5, 5.41) is 19.5. The van der Waals surface area contributed by atoms with Crippen molar-refractivity contribution < 1.29 is 29.3 Å². The van der Waals surface area contributed by atoms with Crippen LogP contribution in [0.3, 0.4) is 0 Å². The number of hydrogen-bond donors (Lipinski definition) is 3. The van der Waals surface area contributed by atoms with Gasteiger partial charge in [0.1, 0.15) is 12.4 Å². The van der Waals surface area contributed by atoms with E-state index in [1.54, 1.807) is 0 Å². The number of aromatic nitrogens is 4. The lowest BCUT2D eigenvalue weighted by molar-refractivity contribution is -0.144. The Morgan fingerprint density at radius 3 is 2.74 bits per heavy atom. The van der Waals surface area contributed by atoms with E-state index in [0.717, 1.165) is 14.3 Å². The number of aliphatic carboxylic acids is 1. The van der Waals surface area contributed by atoms with E-state index in [4.69, 9.17) is 15.2 Å². The van der Waals surface area contributed by atoms with Crippen molar-refractivity contribution >= 4 is 56.7 Å². The molecule has 1 saturated heterocycles. The van der Waals surface area contributed by atoms with Crippen LogP contribution in [0.1, 0.15) is 19.3 Å². The van der Waals surface area contributed by atoms with Gasteiger partial charge in [0.15, 0.2) is 33.6 Å². The molecule has 5 rings (SSSR count). The van der Waals surface area contributed by atoms with Gasteiger partial charge >= 0.3 is 12.1 Å². The molecule has 12 nitrogen and oxygen atoms in total. The third-order valence-corrected chi connectivity index (χ3v) is 8.13. The fourth-order valence-corrected chi connectivity index (χ4v) is 5.87. The van der Waals surface area contributed by atoms with Crippen molar-refractivity contribution in [1.29, 1.82) is 0 Å². The van der Waals surface area contributed by atoms with Crippen molar-refractivity contribution in [1.82, 2.24) is 24.4 Å². The van der Waals surface area contributed by atoms with E-state index in [1.165, 1.54) is 18.1 Å². The molecule has 1 aromatic carbocycles. The van der Waals surface area contributed by atoms with E-state index < -0.39 is 18.1 Å². The minimum atomic E-state index is -1.21. The zero-order valence-electron chi connectivity index (χ0n) is 18.3. The smallest absolute Gasteiger partial charge is 0.408 e. The quantitative estimate of drug-likeness (QED) is 0.401. The fourth-order valence-electron chi connectivity index (χ4n) is 4.36.